The van der Waals surface area contributed by atoms with Crippen LogP contribution in [0.15, 0.2) is 115 Å². The molecule has 3 aromatic carbocycles. The summed E-state index contributed by atoms with van der Waals surface area (Å²) >= 11 is 1.75. The lowest BCUT2D eigenvalue weighted by molar-refractivity contribution is 0.618. The van der Waals surface area contributed by atoms with E-state index >= 15 is 0 Å². The third kappa shape index (κ3) is 3.77. The molecule has 0 atom stereocenters. The molecule has 0 saturated heterocycles. The summed E-state index contributed by atoms with van der Waals surface area (Å²) < 4.78 is 3.50. The fourth-order valence-corrected chi connectivity index (χ4v) is 7.39. The van der Waals surface area contributed by atoms with Gasteiger partial charge in [-0.2, -0.15) is 0 Å². The van der Waals surface area contributed by atoms with E-state index in [4.69, 9.17) is 15.0 Å². The third-order valence-electron chi connectivity index (χ3n) is 8.44. The number of aromatic nitrogens is 4. The molecule has 0 saturated carbocycles. The second kappa shape index (κ2) is 9.33. The zero-order valence-corrected chi connectivity index (χ0v) is 24.5. The topological polar surface area (TPSA) is 43.6 Å². The van der Waals surface area contributed by atoms with Gasteiger partial charge in [-0.1, -0.05) is 74.5 Å². The van der Waals surface area contributed by atoms with Gasteiger partial charge in [-0.05, 0) is 61.0 Å². The Labute approximate surface area is 248 Å². The summed E-state index contributed by atoms with van der Waals surface area (Å²) in [6, 6.07) is 38.7. The first-order valence-corrected chi connectivity index (χ1v) is 15.0. The largest absolute Gasteiger partial charge is 0.294 e. The number of nitrogens with zero attached hydrogens (tertiary/aromatic N) is 4. The van der Waals surface area contributed by atoms with E-state index < -0.39 is 0 Å². The van der Waals surface area contributed by atoms with Crippen molar-refractivity contribution in [2.24, 2.45) is 0 Å². The van der Waals surface area contributed by atoms with Gasteiger partial charge in [-0.3, -0.25) is 9.55 Å². The summed E-state index contributed by atoms with van der Waals surface area (Å²) in [4.78, 5) is 15.9. The maximum absolute atomic E-state index is 5.30. The Hall–Kier alpha value is -4.87. The van der Waals surface area contributed by atoms with Gasteiger partial charge in [0.2, 0.25) is 0 Å². The van der Waals surface area contributed by atoms with E-state index in [1.807, 2.05) is 25.3 Å². The average Bonchev–Trinajstić information content (AvgIpc) is 3.56. The number of hydrogen-bond donors (Lipinski definition) is 0. The second-order valence-electron chi connectivity index (χ2n) is 11.4. The Morgan fingerprint density at radius 1 is 0.667 bits per heavy atom. The van der Waals surface area contributed by atoms with Crippen LogP contribution in [0.1, 0.15) is 30.8 Å². The molecule has 0 amide bonds. The van der Waals surface area contributed by atoms with E-state index in [2.05, 4.69) is 115 Å². The zero-order valence-electron chi connectivity index (χ0n) is 23.7. The van der Waals surface area contributed by atoms with Crippen LogP contribution >= 0.6 is 11.3 Å². The first kappa shape index (κ1) is 24.9. The molecule has 0 aliphatic rings. The number of fused-ring (bicyclic) bond motifs is 6. The van der Waals surface area contributed by atoms with Crippen molar-refractivity contribution in [2.45, 2.75) is 26.2 Å². The first-order valence-electron chi connectivity index (χ1n) is 14.2. The highest BCUT2D eigenvalue weighted by Gasteiger charge is 2.27. The Morgan fingerprint density at radius 2 is 1.45 bits per heavy atom. The molecule has 0 radical (unpaired) electrons. The minimum atomic E-state index is -0.331. The molecule has 0 aliphatic heterocycles. The number of para-hydroxylation sites is 1. The lowest BCUT2D eigenvalue weighted by Crippen LogP contribution is -2.20. The van der Waals surface area contributed by atoms with Crippen LogP contribution in [0.25, 0.3) is 59.2 Å². The molecular formula is C37H28N4S. The van der Waals surface area contributed by atoms with Gasteiger partial charge in [0, 0.05) is 49.1 Å². The van der Waals surface area contributed by atoms with Crippen molar-refractivity contribution in [1.82, 2.24) is 19.5 Å². The van der Waals surface area contributed by atoms with E-state index in [9.17, 15) is 0 Å². The minimum absolute atomic E-state index is 0.331. The van der Waals surface area contributed by atoms with Crippen LogP contribution < -0.4 is 0 Å². The van der Waals surface area contributed by atoms with Crippen molar-refractivity contribution in [3.05, 3.63) is 132 Å². The van der Waals surface area contributed by atoms with Crippen LogP contribution in [0, 0.1) is 6.92 Å². The van der Waals surface area contributed by atoms with E-state index in [1.54, 1.807) is 11.3 Å². The molecule has 42 heavy (non-hydrogen) atoms. The van der Waals surface area contributed by atoms with Gasteiger partial charge >= 0.3 is 0 Å². The van der Waals surface area contributed by atoms with E-state index in [1.165, 1.54) is 31.8 Å². The van der Waals surface area contributed by atoms with Gasteiger partial charge in [0.25, 0.3) is 0 Å². The standard InChI is InChI=1S/C37H28N4S/c1-23-17-19-28-27-11-8-12-29(35(27)42-36(28)39-23)30-13-9-15-33(40-30)37(2,3)24-18-20-26-25-10-4-5-14-31(25)41(32(26)22-24)34-16-6-7-21-38-34/h4-22H,1-3H3. The monoisotopic (exact) mass is 560 g/mol. The van der Waals surface area contributed by atoms with Crippen LogP contribution in [0.4, 0.5) is 0 Å². The zero-order chi connectivity index (χ0) is 28.4. The summed E-state index contributed by atoms with van der Waals surface area (Å²) in [5.74, 6) is 0.917. The quantitative estimate of drug-likeness (QED) is 0.215. The van der Waals surface area contributed by atoms with Crippen molar-refractivity contribution in [3.63, 3.8) is 0 Å². The van der Waals surface area contributed by atoms with Gasteiger partial charge in [0.05, 0.1) is 22.4 Å². The number of rotatable bonds is 4. The SMILES string of the molecule is Cc1ccc2c(n1)sc1c(-c3cccc(C(C)(C)c4ccc5c6ccccc6n(-c6ccccn6)c5c4)n3)cccc12. The van der Waals surface area contributed by atoms with Crippen molar-refractivity contribution < 1.29 is 0 Å². The molecule has 4 nitrogen and oxygen atoms in total. The molecule has 0 bridgehead atoms. The van der Waals surface area contributed by atoms with Gasteiger partial charge in [0.15, 0.2) is 0 Å². The molecule has 8 rings (SSSR count). The molecule has 5 heteroatoms. The Morgan fingerprint density at radius 3 is 2.33 bits per heavy atom. The van der Waals surface area contributed by atoms with Crippen molar-refractivity contribution in [1.29, 1.82) is 0 Å². The maximum Gasteiger partial charge on any atom is 0.137 e. The van der Waals surface area contributed by atoms with E-state index in [-0.39, 0.29) is 5.41 Å². The van der Waals surface area contributed by atoms with Crippen LogP contribution in [0.2, 0.25) is 0 Å². The summed E-state index contributed by atoms with van der Waals surface area (Å²) in [6.07, 6.45) is 1.85. The fraction of sp³-hybridized carbons (Fsp3) is 0.108. The number of hydrogen-bond acceptors (Lipinski definition) is 4. The number of benzene rings is 3. The molecule has 5 aromatic heterocycles. The van der Waals surface area contributed by atoms with Gasteiger partial charge in [-0.15, -0.1) is 11.3 Å². The van der Waals surface area contributed by atoms with Gasteiger partial charge in [0.1, 0.15) is 10.6 Å². The van der Waals surface area contributed by atoms with E-state index in [0.29, 0.717) is 0 Å². The predicted octanol–water partition coefficient (Wildman–Crippen LogP) is 9.64. The van der Waals surface area contributed by atoms with E-state index in [0.717, 1.165) is 44.3 Å². The summed E-state index contributed by atoms with van der Waals surface area (Å²) in [5, 5.41) is 4.89. The van der Waals surface area contributed by atoms with Crippen molar-refractivity contribution >= 4 is 53.4 Å². The summed E-state index contributed by atoms with van der Waals surface area (Å²) in [7, 11) is 0. The van der Waals surface area contributed by atoms with Gasteiger partial charge < -0.3 is 0 Å². The molecular weight excluding hydrogens is 533 g/mol. The average molecular weight is 561 g/mol. The summed E-state index contributed by atoms with van der Waals surface area (Å²) in [6.45, 7) is 6.58. The molecule has 8 aromatic rings. The van der Waals surface area contributed by atoms with Crippen LogP contribution in [-0.4, -0.2) is 19.5 Å². The number of pyridine rings is 3. The molecule has 5 heterocycles. The number of thiophene rings is 1. The minimum Gasteiger partial charge on any atom is -0.294 e. The number of aryl methyl sites for hydroxylation is 1. The van der Waals surface area contributed by atoms with Crippen LogP contribution in [-0.2, 0) is 5.41 Å². The van der Waals surface area contributed by atoms with Crippen LogP contribution in [0.3, 0.4) is 0 Å². The van der Waals surface area contributed by atoms with Gasteiger partial charge in [-0.25, -0.2) is 9.97 Å². The molecule has 0 spiro atoms. The lowest BCUT2D eigenvalue weighted by Gasteiger charge is -2.26. The molecule has 0 fully saturated rings. The Bertz CT molecular complexity index is 2290. The summed E-state index contributed by atoms with van der Waals surface area (Å²) in [5.41, 5.74) is 7.39. The molecule has 0 unspecified atom stereocenters. The predicted molar refractivity (Wildman–Crippen MR) is 176 cm³/mol. The molecule has 0 aliphatic carbocycles. The first-order chi connectivity index (χ1) is 20.5. The normalized spacial score (nSPS) is 12.2. The highest BCUT2D eigenvalue weighted by Crippen LogP contribution is 2.41. The highest BCUT2D eigenvalue weighted by molar-refractivity contribution is 7.26. The smallest absolute Gasteiger partial charge is 0.137 e. The Balaban J connectivity index is 1.28. The molecule has 202 valence electrons. The fourth-order valence-electron chi connectivity index (χ4n) is 6.15. The maximum atomic E-state index is 5.30. The van der Waals surface area contributed by atoms with Crippen LogP contribution in [0.5, 0.6) is 0 Å². The van der Waals surface area contributed by atoms with Crippen molar-refractivity contribution in [3.8, 4) is 17.1 Å². The highest BCUT2D eigenvalue weighted by atomic mass is 32.1. The molecule has 0 N–H and O–H groups in total. The van der Waals surface area contributed by atoms with Crippen molar-refractivity contribution in [2.75, 3.05) is 0 Å². The third-order valence-corrected chi connectivity index (χ3v) is 9.59. The lowest BCUT2D eigenvalue weighted by atomic mass is 9.80. The Kier molecular flexibility index (Phi) is 5.53. The second-order valence-corrected chi connectivity index (χ2v) is 12.4.